The number of sulfonamides is 1. The van der Waals surface area contributed by atoms with Crippen LogP contribution in [-0.4, -0.2) is 33.1 Å². The van der Waals surface area contributed by atoms with Gasteiger partial charge in [-0.1, -0.05) is 18.2 Å². The first-order valence-electron chi connectivity index (χ1n) is 10.3. The molecule has 9 nitrogen and oxygen atoms in total. The van der Waals surface area contributed by atoms with E-state index in [1.54, 1.807) is 18.2 Å². The minimum atomic E-state index is -4.04. The van der Waals surface area contributed by atoms with Crippen molar-refractivity contribution < 1.29 is 31.9 Å². The number of carbonyl (C=O) groups is 3. The number of halogens is 1. The van der Waals surface area contributed by atoms with Gasteiger partial charge >= 0.3 is 0 Å². The molecule has 35 heavy (non-hydrogen) atoms. The first kappa shape index (κ1) is 25.4. The Morgan fingerprint density at radius 2 is 1.57 bits per heavy atom. The van der Waals surface area contributed by atoms with E-state index in [-0.39, 0.29) is 40.3 Å². The van der Waals surface area contributed by atoms with Gasteiger partial charge in [-0.3, -0.25) is 30.0 Å². The van der Waals surface area contributed by atoms with Crippen LogP contribution < -0.4 is 20.3 Å². The molecule has 0 bridgehead atoms. The maximum atomic E-state index is 12.9. The maximum absolute atomic E-state index is 12.9. The number of Topliss-reactive ketones (excluding diaryl/α,β-unsaturated/α-hetero) is 1. The zero-order valence-corrected chi connectivity index (χ0v) is 19.4. The predicted octanol–water partition coefficient (Wildman–Crippen LogP) is 3.06. The lowest BCUT2D eigenvalue weighted by Gasteiger charge is -2.12. The lowest BCUT2D eigenvalue weighted by atomic mass is 10.1. The monoisotopic (exact) mass is 499 g/mol. The molecule has 3 rings (SSSR count). The molecule has 0 saturated heterocycles. The summed E-state index contributed by atoms with van der Waals surface area (Å²) in [5, 5.41) is 0. The topological polar surface area (TPSA) is 131 Å². The average Bonchev–Trinajstić information content (AvgIpc) is 2.86. The Labute approximate surface area is 201 Å². The Morgan fingerprint density at radius 3 is 2.29 bits per heavy atom. The highest BCUT2D eigenvalue weighted by molar-refractivity contribution is 7.92. The van der Waals surface area contributed by atoms with E-state index in [2.05, 4.69) is 15.6 Å². The van der Waals surface area contributed by atoms with Crippen molar-refractivity contribution in [1.29, 1.82) is 0 Å². The number of anilines is 1. The first-order valence-corrected chi connectivity index (χ1v) is 11.8. The van der Waals surface area contributed by atoms with E-state index in [1.165, 1.54) is 43.5 Å². The number of ether oxygens (including phenoxy) is 1. The summed E-state index contributed by atoms with van der Waals surface area (Å²) in [6.07, 6.45) is -0.358. The van der Waals surface area contributed by atoms with Gasteiger partial charge in [0.1, 0.15) is 11.6 Å². The minimum Gasteiger partial charge on any atom is -0.495 e. The molecule has 0 heterocycles. The van der Waals surface area contributed by atoms with Crippen LogP contribution in [0.2, 0.25) is 0 Å². The summed E-state index contributed by atoms with van der Waals surface area (Å²) in [5.41, 5.74) is 4.84. The standard InChI is InChI=1S/C24H22FN3O6S/c1-34-22-8-3-2-7-20(22)28-35(32,33)19-6-4-5-17(15-19)24(31)27-26-23(30)14-13-21(29)16-9-11-18(25)12-10-16/h2-12,15,28H,13-14H2,1H3,(H,26,30)(H,27,31). The van der Waals surface area contributed by atoms with Crippen molar-refractivity contribution in [1.82, 2.24) is 10.9 Å². The van der Waals surface area contributed by atoms with Crippen molar-refractivity contribution in [3.05, 3.63) is 89.7 Å². The highest BCUT2D eigenvalue weighted by atomic mass is 32.2. The maximum Gasteiger partial charge on any atom is 0.269 e. The molecule has 11 heteroatoms. The van der Waals surface area contributed by atoms with E-state index in [0.717, 1.165) is 18.2 Å². The van der Waals surface area contributed by atoms with Crippen molar-refractivity contribution >= 4 is 33.3 Å². The molecule has 2 amide bonds. The van der Waals surface area contributed by atoms with E-state index >= 15 is 0 Å². The van der Waals surface area contributed by atoms with Crippen molar-refractivity contribution in [2.75, 3.05) is 11.8 Å². The highest BCUT2D eigenvalue weighted by Crippen LogP contribution is 2.26. The SMILES string of the molecule is COc1ccccc1NS(=O)(=O)c1cccc(C(=O)NNC(=O)CCC(=O)c2ccc(F)cc2)c1. The number of benzene rings is 3. The summed E-state index contributed by atoms with van der Waals surface area (Å²) in [7, 11) is -2.63. The van der Waals surface area contributed by atoms with Gasteiger partial charge in [0.25, 0.3) is 15.9 Å². The number of carbonyl (C=O) groups excluding carboxylic acids is 3. The molecule has 0 radical (unpaired) electrons. The fraction of sp³-hybridized carbons (Fsp3) is 0.125. The third kappa shape index (κ3) is 6.87. The molecule has 3 aromatic rings. The molecule has 0 aromatic heterocycles. The van der Waals surface area contributed by atoms with Gasteiger partial charge in [0.15, 0.2) is 5.78 Å². The second-order valence-electron chi connectivity index (χ2n) is 7.27. The van der Waals surface area contributed by atoms with Gasteiger partial charge in [0, 0.05) is 24.0 Å². The Bertz CT molecular complexity index is 1340. The van der Waals surface area contributed by atoms with Gasteiger partial charge < -0.3 is 4.74 Å². The van der Waals surface area contributed by atoms with Gasteiger partial charge in [-0.15, -0.1) is 0 Å². The molecule has 3 N–H and O–H groups in total. The van der Waals surface area contributed by atoms with Crippen LogP contribution in [0.5, 0.6) is 5.75 Å². The number of hydrazine groups is 1. The summed E-state index contributed by atoms with van der Waals surface area (Å²) < 4.78 is 46.0. The van der Waals surface area contributed by atoms with Crippen LogP contribution in [0.4, 0.5) is 10.1 Å². The normalized spacial score (nSPS) is 10.8. The Balaban J connectivity index is 1.57. The molecule has 0 unspecified atom stereocenters. The number of ketones is 1. The molecule has 3 aromatic carbocycles. The summed E-state index contributed by atoms with van der Waals surface area (Å²) in [5.74, 6) is -1.89. The van der Waals surface area contributed by atoms with Crippen LogP contribution in [-0.2, 0) is 14.8 Å². The third-order valence-electron chi connectivity index (χ3n) is 4.82. The number of hydrogen-bond donors (Lipinski definition) is 3. The Kier molecular flexibility index (Phi) is 8.16. The molecule has 0 atom stereocenters. The summed E-state index contributed by atoms with van der Waals surface area (Å²) in [4.78, 5) is 36.3. The van der Waals surface area contributed by atoms with E-state index in [9.17, 15) is 27.2 Å². The van der Waals surface area contributed by atoms with Crippen LogP contribution in [0.1, 0.15) is 33.6 Å². The summed E-state index contributed by atoms with van der Waals surface area (Å²) in [6.45, 7) is 0. The molecular formula is C24H22FN3O6S. The van der Waals surface area contributed by atoms with Crippen LogP contribution >= 0.6 is 0 Å². The van der Waals surface area contributed by atoms with E-state index < -0.39 is 27.7 Å². The minimum absolute atomic E-state index is 0.0180. The van der Waals surface area contributed by atoms with Gasteiger partial charge in [0.2, 0.25) is 5.91 Å². The molecule has 0 aliphatic heterocycles. The van der Waals surface area contributed by atoms with Crippen molar-refractivity contribution in [3.63, 3.8) is 0 Å². The fourth-order valence-electron chi connectivity index (χ4n) is 3.01. The Hall–Kier alpha value is -4.25. The number of hydrogen-bond acceptors (Lipinski definition) is 6. The van der Waals surface area contributed by atoms with Gasteiger partial charge in [-0.05, 0) is 54.6 Å². The molecule has 182 valence electrons. The average molecular weight is 500 g/mol. The molecule has 0 saturated carbocycles. The highest BCUT2D eigenvalue weighted by Gasteiger charge is 2.18. The first-order chi connectivity index (χ1) is 16.7. The Morgan fingerprint density at radius 1 is 0.857 bits per heavy atom. The fourth-order valence-corrected chi connectivity index (χ4v) is 4.12. The van der Waals surface area contributed by atoms with Crippen LogP contribution in [0.15, 0.2) is 77.7 Å². The van der Waals surface area contributed by atoms with E-state index in [4.69, 9.17) is 4.74 Å². The third-order valence-corrected chi connectivity index (χ3v) is 6.18. The van der Waals surface area contributed by atoms with Crippen LogP contribution in [0.3, 0.4) is 0 Å². The van der Waals surface area contributed by atoms with Crippen molar-refractivity contribution in [2.24, 2.45) is 0 Å². The zero-order valence-electron chi connectivity index (χ0n) is 18.6. The smallest absolute Gasteiger partial charge is 0.269 e. The van der Waals surface area contributed by atoms with E-state index in [1.807, 2.05) is 0 Å². The van der Waals surface area contributed by atoms with E-state index in [0.29, 0.717) is 5.75 Å². The van der Waals surface area contributed by atoms with Crippen LogP contribution in [0, 0.1) is 5.82 Å². The molecule has 0 spiro atoms. The molecule has 0 aliphatic rings. The second kappa shape index (κ2) is 11.3. The lowest BCUT2D eigenvalue weighted by molar-refractivity contribution is -0.121. The molecule has 0 fully saturated rings. The number of rotatable bonds is 9. The largest absolute Gasteiger partial charge is 0.495 e. The summed E-state index contributed by atoms with van der Waals surface area (Å²) in [6, 6.07) is 16.6. The van der Waals surface area contributed by atoms with Crippen LogP contribution in [0.25, 0.3) is 0 Å². The predicted molar refractivity (Wildman–Crippen MR) is 126 cm³/mol. The second-order valence-corrected chi connectivity index (χ2v) is 8.95. The van der Waals surface area contributed by atoms with Gasteiger partial charge in [-0.25, -0.2) is 12.8 Å². The number of methoxy groups -OCH3 is 1. The number of para-hydroxylation sites is 2. The number of amides is 2. The molecule has 0 aliphatic carbocycles. The van der Waals surface area contributed by atoms with Crippen molar-refractivity contribution in [2.45, 2.75) is 17.7 Å². The van der Waals surface area contributed by atoms with Gasteiger partial charge in [-0.2, -0.15) is 0 Å². The number of nitrogens with one attached hydrogen (secondary N) is 3. The molecular weight excluding hydrogens is 477 g/mol. The summed E-state index contributed by atoms with van der Waals surface area (Å²) >= 11 is 0. The van der Waals surface area contributed by atoms with Crippen molar-refractivity contribution in [3.8, 4) is 5.75 Å². The lowest BCUT2D eigenvalue weighted by Crippen LogP contribution is -2.41. The quantitative estimate of drug-likeness (QED) is 0.306. The zero-order chi connectivity index (χ0) is 25.4. The van der Waals surface area contributed by atoms with Gasteiger partial charge in [0.05, 0.1) is 17.7 Å².